The van der Waals surface area contributed by atoms with Gasteiger partial charge in [0.2, 0.25) is 0 Å². The average molecular weight is 291 g/mol. The smallest absolute Gasteiger partial charge is 0.195 e. The van der Waals surface area contributed by atoms with Gasteiger partial charge in [0.1, 0.15) is 5.78 Å². The Bertz CT molecular complexity index is 751. The molecule has 0 saturated heterocycles. The van der Waals surface area contributed by atoms with Crippen molar-refractivity contribution in [3.63, 3.8) is 0 Å². The van der Waals surface area contributed by atoms with E-state index in [1.165, 1.54) is 6.92 Å². The molecule has 106 valence electrons. The standard InChI is InChI=1S/C15H17NO3S/c1-11-5-3-7-14-13(11)8-9-15(16-14)20(18,19)10-4-6-12(2)17/h3,5,7-9H,4,6,10H2,1-2H3. The van der Waals surface area contributed by atoms with E-state index in [-0.39, 0.29) is 23.0 Å². The highest BCUT2D eigenvalue weighted by Crippen LogP contribution is 2.19. The summed E-state index contributed by atoms with van der Waals surface area (Å²) >= 11 is 0. The number of sulfone groups is 1. The van der Waals surface area contributed by atoms with Gasteiger partial charge in [-0.3, -0.25) is 0 Å². The molecule has 0 aliphatic carbocycles. The van der Waals surface area contributed by atoms with E-state index >= 15 is 0 Å². The molecule has 0 aliphatic heterocycles. The number of hydrogen-bond donors (Lipinski definition) is 0. The zero-order valence-corrected chi connectivity index (χ0v) is 12.4. The van der Waals surface area contributed by atoms with Gasteiger partial charge in [-0.15, -0.1) is 0 Å². The quantitative estimate of drug-likeness (QED) is 0.849. The summed E-state index contributed by atoms with van der Waals surface area (Å²) in [4.78, 5) is 15.1. The summed E-state index contributed by atoms with van der Waals surface area (Å²) < 4.78 is 24.3. The lowest BCUT2D eigenvalue weighted by Crippen LogP contribution is -2.10. The first kappa shape index (κ1) is 14.7. The van der Waals surface area contributed by atoms with Gasteiger partial charge in [-0.2, -0.15) is 0 Å². The van der Waals surface area contributed by atoms with Gasteiger partial charge in [0.05, 0.1) is 11.3 Å². The monoisotopic (exact) mass is 291 g/mol. The van der Waals surface area contributed by atoms with Crippen molar-refractivity contribution in [3.8, 4) is 0 Å². The van der Waals surface area contributed by atoms with Crippen LogP contribution in [0.3, 0.4) is 0 Å². The molecule has 4 nitrogen and oxygen atoms in total. The Morgan fingerprint density at radius 1 is 1.20 bits per heavy atom. The van der Waals surface area contributed by atoms with Crippen molar-refractivity contribution in [2.75, 3.05) is 5.75 Å². The van der Waals surface area contributed by atoms with E-state index in [4.69, 9.17) is 0 Å². The third-order valence-corrected chi connectivity index (χ3v) is 4.88. The van der Waals surface area contributed by atoms with E-state index in [0.717, 1.165) is 10.9 Å². The zero-order chi connectivity index (χ0) is 14.8. The number of Topliss-reactive ketones (excluding diaryl/α,β-unsaturated/α-hetero) is 1. The van der Waals surface area contributed by atoms with Crippen LogP contribution in [-0.4, -0.2) is 24.9 Å². The van der Waals surface area contributed by atoms with Gasteiger partial charge in [0.15, 0.2) is 14.9 Å². The van der Waals surface area contributed by atoms with Crippen LogP contribution in [0.15, 0.2) is 35.4 Å². The van der Waals surface area contributed by atoms with Crippen LogP contribution in [0.4, 0.5) is 0 Å². The molecule has 1 aromatic heterocycles. The summed E-state index contributed by atoms with van der Waals surface area (Å²) in [6.07, 6.45) is 0.622. The first-order valence-corrected chi connectivity index (χ1v) is 8.14. The minimum atomic E-state index is -3.42. The Morgan fingerprint density at radius 2 is 1.95 bits per heavy atom. The molecule has 0 radical (unpaired) electrons. The fourth-order valence-corrected chi connectivity index (χ4v) is 3.33. The predicted octanol–water partition coefficient (Wildman–Crippen LogP) is 2.69. The maximum Gasteiger partial charge on any atom is 0.195 e. The molecule has 1 aromatic carbocycles. The normalized spacial score (nSPS) is 11.7. The van der Waals surface area contributed by atoms with E-state index in [0.29, 0.717) is 11.9 Å². The third-order valence-electron chi connectivity index (χ3n) is 3.18. The number of carbonyl (C=O) groups excluding carboxylic acids is 1. The Kier molecular flexibility index (Phi) is 4.18. The van der Waals surface area contributed by atoms with Crippen LogP contribution < -0.4 is 0 Å². The van der Waals surface area contributed by atoms with Crippen molar-refractivity contribution in [2.24, 2.45) is 0 Å². The number of carbonyl (C=O) groups is 1. The molecule has 0 N–H and O–H groups in total. The van der Waals surface area contributed by atoms with Gasteiger partial charge >= 0.3 is 0 Å². The maximum atomic E-state index is 12.2. The second-order valence-corrected chi connectivity index (χ2v) is 6.97. The van der Waals surface area contributed by atoms with Crippen LogP contribution in [0.1, 0.15) is 25.3 Å². The van der Waals surface area contributed by atoms with Gasteiger partial charge in [-0.05, 0) is 44.0 Å². The molecule has 2 rings (SSSR count). The molecular weight excluding hydrogens is 274 g/mol. The number of nitrogens with zero attached hydrogens (tertiary/aromatic N) is 1. The number of benzene rings is 1. The fraction of sp³-hybridized carbons (Fsp3) is 0.333. The summed E-state index contributed by atoms with van der Waals surface area (Å²) in [5.41, 5.74) is 1.74. The highest BCUT2D eigenvalue weighted by Gasteiger charge is 2.16. The number of hydrogen-bond acceptors (Lipinski definition) is 4. The second kappa shape index (κ2) is 5.71. The molecule has 0 aliphatic rings. The van der Waals surface area contributed by atoms with Crippen molar-refractivity contribution in [2.45, 2.75) is 31.7 Å². The lowest BCUT2D eigenvalue weighted by molar-refractivity contribution is -0.117. The van der Waals surface area contributed by atoms with Crippen LogP contribution in [-0.2, 0) is 14.6 Å². The molecule has 0 spiro atoms. The molecule has 0 unspecified atom stereocenters. The molecule has 1 heterocycles. The maximum absolute atomic E-state index is 12.2. The molecule has 5 heteroatoms. The molecule has 2 aromatic rings. The summed E-state index contributed by atoms with van der Waals surface area (Å²) in [6.45, 7) is 3.43. The van der Waals surface area contributed by atoms with Crippen LogP contribution in [0.5, 0.6) is 0 Å². The molecule has 0 atom stereocenters. The number of aryl methyl sites for hydroxylation is 1. The average Bonchev–Trinajstić information content (AvgIpc) is 2.38. The summed E-state index contributed by atoms with van der Waals surface area (Å²) in [7, 11) is -3.42. The van der Waals surface area contributed by atoms with E-state index in [2.05, 4.69) is 4.98 Å². The van der Waals surface area contributed by atoms with Crippen LogP contribution >= 0.6 is 0 Å². The minimum absolute atomic E-state index is 0.00213. The number of fused-ring (bicyclic) bond motifs is 1. The first-order chi connectivity index (χ1) is 9.40. The third kappa shape index (κ3) is 3.22. The molecule has 0 amide bonds. The predicted molar refractivity (Wildman–Crippen MR) is 78.4 cm³/mol. The Morgan fingerprint density at radius 3 is 2.65 bits per heavy atom. The number of rotatable bonds is 5. The summed E-state index contributed by atoms with van der Waals surface area (Å²) in [5, 5.41) is 1.04. The van der Waals surface area contributed by atoms with E-state index in [9.17, 15) is 13.2 Å². The van der Waals surface area contributed by atoms with Crippen molar-refractivity contribution in [1.82, 2.24) is 4.98 Å². The lowest BCUT2D eigenvalue weighted by Gasteiger charge is -2.06. The molecule has 0 saturated carbocycles. The highest BCUT2D eigenvalue weighted by atomic mass is 32.2. The Labute approximate surface area is 118 Å². The van der Waals surface area contributed by atoms with Crippen molar-refractivity contribution >= 4 is 26.5 Å². The Balaban J connectivity index is 2.30. The summed E-state index contributed by atoms with van der Waals surface area (Å²) in [6, 6.07) is 8.95. The van der Waals surface area contributed by atoms with Crippen LogP contribution in [0.2, 0.25) is 0 Å². The summed E-state index contributed by atoms with van der Waals surface area (Å²) in [5.74, 6) is -0.0426. The van der Waals surface area contributed by atoms with E-state index in [1.54, 1.807) is 18.2 Å². The SMILES string of the molecule is CC(=O)CCCS(=O)(=O)c1ccc2c(C)cccc2n1. The topological polar surface area (TPSA) is 64.1 Å². The van der Waals surface area contributed by atoms with E-state index in [1.807, 2.05) is 19.1 Å². The number of pyridine rings is 1. The molecular formula is C15H17NO3S. The number of ketones is 1. The lowest BCUT2D eigenvalue weighted by atomic mass is 10.1. The highest BCUT2D eigenvalue weighted by molar-refractivity contribution is 7.91. The fourth-order valence-electron chi connectivity index (χ4n) is 2.08. The van der Waals surface area contributed by atoms with Gasteiger partial charge in [0, 0.05) is 11.8 Å². The first-order valence-electron chi connectivity index (χ1n) is 6.49. The van der Waals surface area contributed by atoms with Gasteiger partial charge in [-0.1, -0.05) is 12.1 Å². The number of aromatic nitrogens is 1. The van der Waals surface area contributed by atoms with Crippen molar-refractivity contribution in [1.29, 1.82) is 0 Å². The van der Waals surface area contributed by atoms with Gasteiger partial charge < -0.3 is 4.79 Å². The van der Waals surface area contributed by atoms with Gasteiger partial charge in [0.25, 0.3) is 0 Å². The zero-order valence-electron chi connectivity index (χ0n) is 11.6. The van der Waals surface area contributed by atoms with Gasteiger partial charge in [-0.25, -0.2) is 13.4 Å². The molecule has 0 fully saturated rings. The second-order valence-electron chi connectivity index (χ2n) is 4.92. The minimum Gasteiger partial charge on any atom is -0.300 e. The van der Waals surface area contributed by atoms with Crippen LogP contribution in [0.25, 0.3) is 10.9 Å². The Hall–Kier alpha value is -1.75. The van der Waals surface area contributed by atoms with E-state index < -0.39 is 9.84 Å². The van der Waals surface area contributed by atoms with Crippen molar-refractivity contribution in [3.05, 3.63) is 35.9 Å². The molecule has 0 bridgehead atoms. The van der Waals surface area contributed by atoms with Crippen LogP contribution in [0, 0.1) is 6.92 Å². The van der Waals surface area contributed by atoms with Crippen molar-refractivity contribution < 1.29 is 13.2 Å². The molecule has 20 heavy (non-hydrogen) atoms. The largest absolute Gasteiger partial charge is 0.300 e.